The molecule has 2 aromatic rings. The lowest BCUT2D eigenvalue weighted by Crippen LogP contribution is -2.02. The van der Waals surface area contributed by atoms with E-state index < -0.39 is 5.82 Å². The number of hydrogen-bond acceptors (Lipinski definition) is 2. The molecule has 0 atom stereocenters. The van der Waals surface area contributed by atoms with Gasteiger partial charge in [-0.15, -0.1) is 11.3 Å². The van der Waals surface area contributed by atoms with Crippen molar-refractivity contribution in [2.45, 2.75) is 6.92 Å². The smallest absolute Gasteiger partial charge is 0.205 e. The maximum absolute atomic E-state index is 13.7. The molecule has 0 unspecified atom stereocenters. The monoisotopic (exact) mass is 298 g/mol. The molecule has 0 amide bonds. The Morgan fingerprint density at radius 3 is 2.69 bits per heavy atom. The quantitative estimate of drug-likeness (QED) is 0.760. The first-order valence-corrected chi connectivity index (χ1v) is 6.25. The van der Waals surface area contributed by atoms with Crippen molar-refractivity contribution in [1.82, 2.24) is 0 Å². The number of benzene rings is 1. The van der Waals surface area contributed by atoms with Gasteiger partial charge in [0, 0.05) is 4.88 Å². The van der Waals surface area contributed by atoms with Crippen LogP contribution < -0.4 is 0 Å². The van der Waals surface area contributed by atoms with Gasteiger partial charge >= 0.3 is 0 Å². The number of aryl methyl sites for hydroxylation is 1. The Labute approximate surface area is 105 Å². The minimum atomic E-state index is -0.501. The van der Waals surface area contributed by atoms with Gasteiger partial charge in [-0.05, 0) is 47.1 Å². The van der Waals surface area contributed by atoms with Crippen LogP contribution in [0.3, 0.4) is 0 Å². The minimum Gasteiger partial charge on any atom is -0.288 e. The number of ketones is 1. The molecule has 82 valence electrons. The molecular weight excluding hydrogens is 291 g/mol. The van der Waals surface area contributed by atoms with Crippen LogP contribution in [-0.2, 0) is 0 Å². The summed E-state index contributed by atoms with van der Waals surface area (Å²) < 4.78 is 14.0. The van der Waals surface area contributed by atoms with E-state index in [0.717, 1.165) is 4.88 Å². The molecule has 0 aliphatic carbocycles. The molecule has 0 aliphatic rings. The first-order valence-electron chi connectivity index (χ1n) is 4.65. The zero-order valence-electron chi connectivity index (χ0n) is 8.46. The van der Waals surface area contributed by atoms with E-state index in [1.54, 1.807) is 18.2 Å². The molecule has 0 fully saturated rings. The van der Waals surface area contributed by atoms with E-state index in [1.165, 1.54) is 17.4 Å². The predicted molar refractivity (Wildman–Crippen MR) is 66.6 cm³/mol. The van der Waals surface area contributed by atoms with Gasteiger partial charge in [-0.1, -0.05) is 6.07 Å². The molecule has 1 nitrogen and oxygen atoms in total. The second-order valence-electron chi connectivity index (χ2n) is 3.34. The Kier molecular flexibility index (Phi) is 3.21. The number of rotatable bonds is 2. The fourth-order valence-corrected chi connectivity index (χ4v) is 2.56. The number of halogens is 2. The zero-order valence-corrected chi connectivity index (χ0v) is 10.9. The van der Waals surface area contributed by atoms with Gasteiger partial charge in [-0.25, -0.2) is 4.39 Å². The van der Waals surface area contributed by atoms with Crippen LogP contribution in [0.1, 0.15) is 20.1 Å². The standard InChI is InChI=1S/C12H8BrFOS/c1-7-5-6-10(16-7)12(15)8-3-2-4-9(13)11(8)14/h2-6H,1H3. The summed E-state index contributed by atoms with van der Waals surface area (Å²) in [4.78, 5) is 13.6. The fourth-order valence-electron chi connectivity index (χ4n) is 1.37. The zero-order chi connectivity index (χ0) is 11.7. The van der Waals surface area contributed by atoms with Gasteiger partial charge in [0.25, 0.3) is 0 Å². The molecule has 0 saturated heterocycles. The third kappa shape index (κ3) is 2.08. The number of carbonyl (C=O) groups excluding carboxylic acids is 1. The third-order valence-corrected chi connectivity index (χ3v) is 3.77. The number of hydrogen-bond donors (Lipinski definition) is 0. The lowest BCUT2D eigenvalue weighted by molar-refractivity contribution is 0.103. The van der Waals surface area contributed by atoms with E-state index in [0.29, 0.717) is 9.35 Å². The first kappa shape index (κ1) is 11.5. The van der Waals surface area contributed by atoms with Crippen molar-refractivity contribution >= 4 is 33.0 Å². The van der Waals surface area contributed by atoms with Crippen LogP contribution in [0.15, 0.2) is 34.8 Å². The van der Waals surface area contributed by atoms with E-state index >= 15 is 0 Å². The predicted octanol–water partition coefficient (Wildman–Crippen LogP) is 4.19. The highest BCUT2D eigenvalue weighted by Crippen LogP contribution is 2.24. The summed E-state index contributed by atoms with van der Waals surface area (Å²) in [6.45, 7) is 1.92. The molecule has 0 saturated carbocycles. The summed E-state index contributed by atoms with van der Waals surface area (Å²) >= 11 is 4.44. The van der Waals surface area contributed by atoms with Gasteiger partial charge in [0.1, 0.15) is 5.82 Å². The van der Waals surface area contributed by atoms with Crippen LogP contribution in [0.2, 0.25) is 0 Å². The highest BCUT2D eigenvalue weighted by Gasteiger charge is 2.16. The summed E-state index contributed by atoms with van der Waals surface area (Å²) in [5.41, 5.74) is 0.108. The lowest BCUT2D eigenvalue weighted by Gasteiger charge is -2.01. The number of carbonyl (C=O) groups is 1. The van der Waals surface area contributed by atoms with E-state index in [9.17, 15) is 9.18 Å². The Morgan fingerprint density at radius 1 is 1.31 bits per heavy atom. The second-order valence-corrected chi connectivity index (χ2v) is 5.48. The maximum atomic E-state index is 13.7. The topological polar surface area (TPSA) is 17.1 Å². The average molecular weight is 299 g/mol. The molecule has 0 radical (unpaired) electrons. The van der Waals surface area contributed by atoms with Crippen molar-refractivity contribution in [3.63, 3.8) is 0 Å². The lowest BCUT2D eigenvalue weighted by atomic mass is 10.1. The number of thiophene rings is 1. The normalized spacial score (nSPS) is 10.4. The van der Waals surface area contributed by atoms with Crippen LogP contribution in [0.5, 0.6) is 0 Å². The van der Waals surface area contributed by atoms with Gasteiger partial charge in [0.2, 0.25) is 5.78 Å². The second kappa shape index (κ2) is 4.47. The van der Waals surface area contributed by atoms with E-state index in [1.807, 2.05) is 13.0 Å². The van der Waals surface area contributed by atoms with Crippen molar-refractivity contribution in [3.05, 3.63) is 55.9 Å². The summed E-state index contributed by atoms with van der Waals surface area (Å²) in [7, 11) is 0. The van der Waals surface area contributed by atoms with Gasteiger partial charge in [-0.3, -0.25) is 4.79 Å². The van der Waals surface area contributed by atoms with Crippen molar-refractivity contribution in [2.75, 3.05) is 0 Å². The van der Waals surface area contributed by atoms with Gasteiger partial charge in [0.15, 0.2) is 0 Å². The highest BCUT2D eigenvalue weighted by atomic mass is 79.9. The Bertz CT molecular complexity index is 548. The summed E-state index contributed by atoms with van der Waals surface area (Å²) in [5, 5.41) is 0. The molecule has 0 bridgehead atoms. The van der Waals surface area contributed by atoms with Crippen LogP contribution in [-0.4, -0.2) is 5.78 Å². The summed E-state index contributed by atoms with van der Waals surface area (Å²) in [6, 6.07) is 8.31. The molecule has 0 spiro atoms. The third-order valence-electron chi connectivity index (χ3n) is 2.16. The van der Waals surface area contributed by atoms with E-state index in [2.05, 4.69) is 15.9 Å². The molecule has 16 heavy (non-hydrogen) atoms. The SMILES string of the molecule is Cc1ccc(C(=O)c2cccc(Br)c2F)s1. The fraction of sp³-hybridized carbons (Fsp3) is 0.0833. The average Bonchev–Trinajstić information content (AvgIpc) is 2.68. The maximum Gasteiger partial charge on any atom is 0.205 e. The van der Waals surface area contributed by atoms with Crippen LogP contribution in [0, 0.1) is 12.7 Å². The summed E-state index contributed by atoms with van der Waals surface area (Å²) in [6.07, 6.45) is 0. The van der Waals surface area contributed by atoms with Crippen molar-refractivity contribution < 1.29 is 9.18 Å². The molecule has 4 heteroatoms. The van der Waals surface area contributed by atoms with Gasteiger partial charge < -0.3 is 0 Å². The van der Waals surface area contributed by atoms with Crippen molar-refractivity contribution in [1.29, 1.82) is 0 Å². The van der Waals surface area contributed by atoms with Crippen LogP contribution in [0.25, 0.3) is 0 Å². The van der Waals surface area contributed by atoms with Gasteiger partial charge in [0.05, 0.1) is 14.9 Å². The Morgan fingerprint density at radius 2 is 2.06 bits per heavy atom. The molecule has 2 rings (SSSR count). The highest BCUT2D eigenvalue weighted by molar-refractivity contribution is 9.10. The van der Waals surface area contributed by atoms with E-state index in [-0.39, 0.29) is 11.3 Å². The molecule has 1 aromatic carbocycles. The Balaban J connectivity index is 2.45. The van der Waals surface area contributed by atoms with E-state index in [4.69, 9.17) is 0 Å². The first-order chi connectivity index (χ1) is 7.59. The molecular formula is C12H8BrFOS. The molecule has 0 aliphatic heterocycles. The Hall–Kier alpha value is -1.00. The molecule has 1 heterocycles. The summed E-state index contributed by atoms with van der Waals surface area (Å²) in [5.74, 6) is -0.768. The van der Waals surface area contributed by atoms with Gasteiger partial charge in [-0.2, -0.15) is 0 Å². The van der Waals surface area contributed by atoms with Crippen LogP contribution in [0.4, 0.5) is 4.39 Å². The molecule has 1 aromatic heterocycles. The van der Waals surface area contributed by atoms with Crippen LogP contribution >= 0.6 is 27.3 Å². The van der Waals surface area contributed by atoms with Crippen molar-refractivity contribution in [2.24, 2.45) is 0 Å². The largest absolute Gasteiger partial charge is 0.288 e. The molecule has 0 N–H and O–H groups in total. The van der Waals surface area contributed by atoms with Crippen molar-refractivity contribution in [3.8, 4) is 0 Å². The minimum absolute atomic E-state index is 0.108.